The topological polar surface area (TPSA) is 29.5 Å². The molecule has 2 rings (SSSR count). The monoisotopic (exact) mass is 194 g/mol. The van der Waals surface area contributed by atoms with Gasteiger partial charge in [-0.1, -0.05) is 17.4 Å². The first-order chi connectivity index (χ1) is 6.31. The molecule has 0 spiro atoms. The van der Waals surface area contributed by atoms with Crippen molar-refractivity contribution < 1.29 is 9.84 Å². The minimum atomic E-state index is 0.319. The molecule has 0 amide bonds. The maximum Gasteiger partial charge on any atom is 0.175 e. The van der Waals surface area contributed by atoms with Gasteiger partial charge in [0.2, 0.25) is 0 Å². The number of hydrogen-bond donors (Lipinski definition) is 1. The van der Waals surface area contributed by atoms with Gasteiger partial charge in [-0.25, -0.2) is 0 Å². The first-order valence-electron chi connectivity index (χ1n) is 4.15. The normalized spacial score (nSPS) is 10.5. The predicted octanol–water partition coefficient (Wildman–Crippen LogP) is 3.01. The fourth-order valence-electron chi connectivity index (χ4n) is 1.24. The van der Waals surface area contributed by atoms with E-state index in [4.69, 9.17) is 4.74 Å². The van der Waals surface area contributed by atoms with Crippen molar-refractivity contribution in [3.63, 3.8) is 0 Å². The van der Waals surface area contributed by atoms with Crippen LogP contribution in [0.25, 0.3) is 10.1 Å². The molecule has 0 fully saturated rings. The Morgan fingerprint density at radius 2 is 2.31 bits per heavy atom. The molecule has 0 radical (unpaired) electrons. The molecule has 1 aromatic heterocycles. The average molecular weight is 194 g/mol. The van der Waals surface area contributed by atoms with E-state index in [0.717, 1.165) is 15.1 Å². The molecule has 3 heteroatoms. The van der Waals surface area contributed by atoms with Crippen molar-refractivity contribution >= 4 is 21.4 Å². The van der Waals surface area contributed by atoms with Crippen LogP contribution in [0.4, 0.5) is 0 Å². The van der Waals surface area contributed by atoms with Gasteiger partial charge in [-0.3, -0.25) is 0 Å². The lowest BCUT2D eigenvalue weighted by Crippen LogP contribution is -1.86. The van der Waals surface area contributed by atoms with Crippen LogP contribution in [0.2, 0.25) is 0 Å². The molecular weight excluding hydrogens is 184 g/mol. The van der Waals surface area contributed by atoms with Gasteiger partial charge in [0.25, 0.3) is 0 Å². The second kappa shape index (κ2) is 3.26. The highest BCUT2D eigenvalue weighted by atomic mass is 32.1. The van der Waals surface area contributed by atoms with Gasteiger partial charge >= 0.3 is 0 Å². The van der Waals surface area contributed by atoms with Crippen LogP contribution in [0.3, 0.4) is 0 Å². The number of ether oxygens (including phenoxy) is 1. The van der Waals surface area contributed by atoms with Crippen molar-refractivity contribution in [2.45, 2.75) is 6.92 Å². The summed E-state index contributed by atoms with van der Waals surface area (Å²) in [5.41, 5.74) is 0. The zero-order chi connectivity index (χ0) is 9.26. The molecule has 1 heterocycles. The van der Waals surface area contributed by atoms with Gasteiger partial charge in [-0.05, 0) is 19.1 Å². The quantitative estimate of drug-likeness (QED) is 0.796. The van der Waals surface area contributed by atoms with Crippen molar-refractivity contribution in [1.82, 2.24) is 0 Å². The number of benzene rings is 1. The maximum absolute atomic E-state index is 9.50. The van der Waals surface area contributed by atoms with Crippen LogP contribution in [0.5, 0.6) is 10.8 Å². The first kappa shape index (κ1) is 8.38. The number of fused-ring (bicyclic) bond motifs is 1. The molecule has 0 bridgehead atoms. The molecule has 0 aliphatic carbocycles. The molecule has 0 unspecified atom stereocenters. The van der Waals surface area contributed by atoms with Gasteiger partial charge in [0.1, 0.15) is 5.75 Å². The van der Waals surface area contributed by atoms with Crippen molar-refractivity contribution in [2.24, 2.45) is 0 Å². The third-order valence-corrected chi connectivity index (χ3v) is 2.82. The Bertz CT molecular complexity index is 420. The van der Waals surface area contributed by atoms with Gasteiger partial charge in [-0.15, -0.1) is 0 Å². The van der Waals surface area contributed by atoms with E-state index in [1.54, 1.807) is 17.4 Å². The van der Waals surface area contributed by atoms with E-state index in [-0.39, 0.29) is 0 Å². The summed E-state index contributed by atoms with van der Waals surface area (Å²) in [5.74, 6) is 0.319. The minimum Gasteiger partial charge on any atom is -0.507 e. The van der Waals surface area contributed by atoms with Crippen LogP contribution in [-0.2, 0) is 0 Å². The number of thiophene rings is 1. The van der Waals surface area contributed by atoms with E-state index in [2.05, 4.69) is 0 Å². The van der Waals surface area contributed by atoms with Crippen LogP contribution >= 0.6 is 11.3 Å². The number of phenols is 1. The summed E-state index contributed by atoms with van der Waals surface area (Å²) >= 11 is 1.55. The van der Waals surface area contributed by atoms with E-state index in [1.807, 2.05) is 25.1 Å². The molecule has 0 saturated heterocycles. The zero-order valence-electron chi connectivity index (χ0n) is 7.28. The molecule has 68 valence electrons. The Balaban J connectivity index is 2.55. The summed E-state index contributed by atoms with van der Waals surface area (Å²) in [5, 5.41) is 11.2. The van der Waals surface area contributed by atoms with Gasteiger partial charge in [0.05, 0.1) is 6.61 Å². The fraction of sp³-hybridized carbons (Fsp3) is 0.200. The molecule has 0 atom stereocenters. The average Bonchev–Trinajstić information content (AvgIpc) is 2.49. The Hall–Kier alpha value is -1.22. The standard InChI is InChI=1S/C10H10O2S/c1-2-12-10-6-7-8(11)4-3-5-9(7)13-10/h3-6,11H,2H2,1H3. The lowest BCUT2D eigenvalue weighted by molar-refractivity contribution is 0.350. The molecule has 1 aromatic carbocycles. The summed E-state index contributed by atoms with van der Waals surface area (Å²) in [6, 6.07) is 7.37. The van der Waals surface area contributed by atoms with Gasteiger partial charge in [0.15, 0.2) is 5.06 Å². The highest BCUT2D eigenvalue weighted by molar-refractivity contribution is 7.20. The Morgan fingerprint density at radius 1 is 1.46 bits per heavy atom. The highest BCUT2D eigenvalue weighted by Crippen LogP contribution is 2.36. The van der Waals surface area contributed by atoms with E-state index in [1.165, 1.54) is 0 Å². The molecule has 13 heavy (non-hydrogen) atoms. The van der Waals surface area contributed by atoms with E-state index >= 15 is 0 Å². The predicted molar refractivity (Wildman–Crippen MR) is 54.7 cm³/mol. The van der Waals surface area contributed by atoms with Crippen molar-refractivity contribution in [2.75, 3.05) is 6.61 Å². The molecule has 2 nitrogen and oxygen atoms in total. The second-order valence-corrected chi connectivity index (χ2v) is 3.73. The molecule has 0 aliphatic heterocycles. The van der Waals surface area contributed by atoms with Crippen LogP contribution in [0.1, 0.15) is 6.92 Å². The molecule has 0 saturated carbocycles. The van der Waals surface area contributed by atoms with Gasteiger partial charge in [0, 0.05) is 16.2 Å². The van der Waals surface area contributed by atoms with Crippen molar-refractivity contribution in [3.8, 4) is 10.8 Å². The van der Waals surface area contributed by atoms with E-state index in [0.29, 0.717) is 12.4 Å². The Morgan fingerprint density at radius 3 is 3.00 bits per heavy atom. The summed E-state index contributed by atoms with van der Waals surface area (Å²) in [6.07, 6.45) is 0. The summed E-state index contributed by atoms with van der Waals surface area (Å²) in [6.45, 7) is 2.61. The van der Waals surface area contributed by atoms with Crippen molar-refractivity contribution in [3.05, 3.63) is 24.3 Å². The minimum absolute atomic E-state index is 0.319. The molecule has 1 N–H and O–H groups in total. The van der Waals surface area contributed by atoms with Crippen LogP contribution in [0, 0.1) is 0 Å². The number of hydrogen-bond acceptors (Lipinski definition) is 3. The summed E-state index contributed by atoms with van der Waals surface area (Å²) < 4.78 is 6.41. The Kier molecular flexibility index (Phi) is 2.10. The summed E-state index contributed by atoms with van der Waals surface area (Å²) in [7, 11) is 0. The second-order valence-electron chi connectivity index (χ2n) is 2.69. The van der Waals surface area contributed by atoms with E-state index < -0.39 is 0 Å². The van der Waals surface area contributed by atoms with E-state index in [9.17, 15) is 5.11 Å². The van der Waals surface area contributed by atoms with Crippen molar-refractivity contribution in [1.29, 1.82) is 0 Å². The lowest BCUT2D eigenvalue weighted by atomic mass is 10.2. The molecule has 2 aromatic rings. The number of rotatable bonds is 2. The summed E-state index contributed by atoms with van der Waals surface area (Å²) in [4.78, 5) is 0. The third kappa shape index (κ3) is 1.47. The zero-order valence-corrected chi connectivity index (χ0v) is 8.10. The van der Waals surface area contributed by atoms with Crippen LogP contribution in [-0.4, -0.2) is 11.7 Å². The van der Waals surface area contributed by atoms with Gasteiger partial charge in [-0.2, -0.15) is 0 Å². The maximum atomic E-state index is 9.50. The Labute approximate surface area is 80.4 Å². The smallest absolute Gasteiger partial charge is 0.175 e. The highest BCUT2D eigenvalue weighted by Gasteiger charge is 2.04. The largest absolute Gasteiger partial charge is 0.507 e. The van der Waals surface area contributed by atoms with Gasteiger partial charge < -0.3 is 9.84 Å². The third-order valence-electron chi connectivity index (χ3n) is 1.80. The van der Waals surface area contributed by atoms with Crippen LogP contribution < -0.4 is 4.74 Å². The number of aromatic hydroxyl groups is 1. The molecule has 0 aliphatic rings. The lowest BCUT2D eigenvalue weighted by Gasteiger charge is -1.94. The fourth-order valence-corrected chi connectivity index (χ4v) is 2.23. The van der Waals surface area contributed by atoms with Crippen LogP contribution in [0.15, 0.2) is 24.3 Å². The number of phenolic OH excluding ortho intramolecular Hbond substituents is 1. The molecular formula is C10H10O2S. The first-order valence-corrected chi connectivity index (χ1v) is 4.97. The SMILES string of the molecule is CCOc1cc2c(O)cccc2s1.